The van der Waals surface area contributed by atoms with Crippen LogP contribution in [0.4, 0.5) is 5.69 Å². The number of hydrogen-bond donors (Lipinski definition) is 1. The van der Waals surface area contributed by atoms with E-state index in [9.17, 15) is 8.42 Å². The van der Waals surface area contributed by atoms with Crippen LogP contribution in [0.15, 0.2) is 23.1 Å². The summed E-state index contributed by atoms with van der Waals surface area (Å²) in [5.74, 6) is 0. The zero-order valence-corrected chi connectivity index (χ0v) is 10.3. The van der Waals surface area contributed by atoms with Gasteiger partial charge in [0.05, 0.1) is 15.2 Å². The SMILES string of the molecule is CCC(C)S(=O)(=O)c1ccc(N)cc1Cl. The highest BCUT2D eigenvalue weighted by Crippen LogP contribution is 2.27. The van der Waals surface area contributed by atoms with Crippen LogP contribution in [-0.4, -0.2) is 13.7 Å². The second-order valence-electron chi connectivity index (χ2n) is 3.45. The van der Waals surface area contributed by atoms with Crippen molar-refractivity contribution in [1.82, 2.24) is 0 Å². The lowest BCUT2D eigenvalue weighted by Gasteiger charge is -2.12. The van der Waals surface area contributed by atoms with E-state index in [2.05, 4.69) is 0 Å². The van der Waals surface area contributed by atoms with E-state index in [-0.39, 0.29) is 9.92 Å². The van der Waals surface area contributed by atoms with Gasteiger partial charge in [-0.15, -0.1) is 0 Å². The van der Waals surface area contributed by atoms with Gasteiger partial charge in [-0.25, -0.2) is 8.42 Å². The van der Waals surface area contributed by atoms with Crippen molar-refractivity contribution in [1.29, 1.82) is 0 Å². The van der Waals surface area contributed by atoms with Crippen molar-refractivity contribution in [2.75, 3.05) is 5.73 Å². The quantitative estimate of drug-likeness (QED) is 0.835. The molecular weight excluding hydrogens is 234 g/mol. The predicted octanol–water partition coefficient (Wildman–Crippen LogP) is 2.49. The summed E-state index contributed by atoms with van der Waals surface area (Å²) in [5.41, 5.74) is 5.96. The van der Waals surface area contributed by atoms with Crippen molar-refractivity contribution in [2.24, 2.45) is 0 Å². The number of hydrogen-bond acceptors (Lipinski definition) is 3. The molecule has 0 heterocycles. The Kier molecular flexibility index (Phi) is 3.62. The fourth-order valence-corrected chi connectivity index (χ4v) is 3.16. The van der Waals surface area contributed by atoms with E-state index in [1.54, 1.807) is 13.0 Å². The number of anilines is 1. The molecule has 2 N–H and O–H groups in total. The molecule has 1 atom stereocenters. The average Bonchev–Trinajstić information content (AvgIpc) is 2.15. The third kappa shape index (κ3) is 2.44. The van der Waals surface area contributed by atoms with Gasteiger partial charge in [0.1, 0.15) is 0 Å². The minimum Gasteiger partial charge on any atom is -0.399 e. The molecule has 0 aliphatic carbocycles. The van der Waals surface area contributed by atoms with Crippen molar-refractivity contribution < 1.29 is 8.42 Å². The first-order chi connectivity index (χ1) is 6.89. The molecule has 0 radical (unpaired) electrons. The Morgan fingerprint density at radius 3 is 2.53 bits per heavy atom. The molecule has 0 bridgehead atoms. The maximum Gasteiger partial charge on any atom is 0.182 e. The lowest BCUT2D eigenvalue weighted by molar-refractivity contribution is 0.581. The van der Waals surface area contributed by atoms with Crippen LogP contribution in [0.3, 0.4) is 0 Å². The van der Waals surface area contributed by atoms with Gasteiger partial charge in [-0.3, -0.25) is 0 Å². The first kappa shape index (κ1) is 12.3. The van der Waals surface area contributed by atoms with Crippen LogP contribution < -0.4 is 5.73 Å². The average molecular weight is 248 g/mol. The second kappa shape index (κ2) is 4.41. The molecule has 3 nitrogen and oxygen atoms in total. The molecule has 5 heteroatoms. The molecule has 1 aromatic rings. The fraction of sp³-hybridized carbons (Fsp3) is 0.400. The normalized spacial score (nSPS) is 13.8. The van der Waals surface area contributed by atoms with Gasteiger partial charge in [0.25, 0.3) is 0 Å². The molecule has 1 unspecified atom stereocenters. The summed E-state index contributed by atoms with van der Waals surface area (Å²) in [7, 11) is -3.32. The van der Waals surface area contributed by atoms with Gasteiger partial charge >= 0.3 is 0 Å². The predicted molar refractivity (Wildman–Crippen MR) is 62.8 cm³/mol. The van der Waals surface area contributed by atoms with Gasteiger partial charge in [0.2, 0.25) is 0 Å². The monoisotopic (exact) mass is 247 g/mol. The van der Waals surface area contributed by atoms with E-state index < -0.39 is 15.1 Å². The number of rotatable bonds is 3. The first-order valence-corrected chi connectivity index (χ1v) is 6.61. The molecule has 0 fully saturated rings. The Bertz CT molecular complexity index is 456. The van der Waals surface area contributed by atoms with Crippen LogP contribution >= 0.6 is 11.6 Å². The third-order valence-electron chi connectivity index (χ3n) is 2.37. The Balaban J connectivity index is 3.28. The second-order valence-corrected chi connectivity index (χ2v) is 6.20. The van der Waals surface area contributed by atoms with Crippen LogP contribution in [0.2, 0.25) is 5.02 Å². The molecule has 0 aromatic heterocycles. The van der Waals surface area contributed by atoms with E-state index in [1.807, 2.05) is 6.92 Å². The molecule has 0 aliphatic rings. The number of sulfone groups is 1. The highest BCUT2D eigenvalue weighted by Gasteiger charge is 2.24. The molecular formula is C10H14ClNO2S. The number of nitrogens with two attached hydrogens (primary N) is 1. The Hall–Kier alpha value is -0.740. The number of nitrogen functional groups attached to an aromatic ring is 1. The van der Waals surface area contributed by atoms with Crippen LogP contribution in [0.1, 0.15) is 20.3 Å². The van der Waals surface area contributed by atoms with E-state index >= 15 is 0 Å². The summed E-state index contributed by atoms with van der Waals surface area (Å²) in [6.45, 7) is 3.50. The summed E-state index contributed by atoms with van der Waals surface area (Å²) < 4.78 is 23.9. The van der Waals surface area contributed by atoms with Gasteiger partial charge in [-0.05, 0) is 31.5 Å². The topological polar surface area (TPSA) is 60.2 Å². The molecule has 0 saturated heterocycles. The van der Waals surface area contributed by atoms with Crippen molar-refractivity contribution in [3.05, 3.63) is 23.2 Å². The maximum atomic E-state index is 12.0. The summed E-state index contributed by atoms with van der Waals surface area (Å²) in [5, 5.41) is -0.242. The van der Waals surface area contributed by atoms with Crippen molar-refractivity contribution in [2.45, 2.75) is 30.4 Å². The molecule has 15 heavy (non-hydrogen) atoms. The Labute approximate surface area is 95.2 Å². The number of benzene rings is 1. The maximum absolute atomic E-state index is 12.0. The minimum absolute atomic E-state index is 0.160. The molecule has 0 amide bonds. The van der Waals surface area contributed by atoms with Crippen LogP contribution in [-0.2, 0) is 9.84 Å². The standard InChI is InChI=1S/C10H14ClNO2S/c1-3-7(2)15(13,14)10-5-4-8(12)6-9(10)11/h4-7H,3,12H2,1-2H3. The van der Waals surface area contributed by atoms with Gasteiger partial charge in [0, 0.05) is 5.69 Å². The van der Waals surface area contributed by atoms with E-state index in [4.69, 9.17) is 17.3 Å². The van der Waals surface area contributed by atoms with Crippen LogP contribution in [0.25, 0.3) is 0 Å². The molecule has 0 aliphatic heterocycles. The largest absolute Gasteiger partial charge is 0.399 e. The number of halogens is 1. The zero-order valence-electron chi connectivity index (χ0n) is 8.70. The highest BCUT2D eigenvalue weighted by atomic mass is 35.5. The summed E-state index contributed by atoms with van der Waals surface area (Å²) >= 11 is 5.86. The lowest BCUT2D eigenvalue weighted by atomic mass is 10.3. The van der Waals surface area contributed by atoms with Crippen molar-refractivity contribution in [3.63, 3.8) is 0 Å². The summed E-state index contributed by atoms with van der Waals surface area (Å²) in [6.07, 6.45) is 0.559. The van der Waals surface area contributed by atoms with Crippen LogP contribution in [0.5, 0.6) is 0 Å². The molecule has 1 rings (SSSR count). The van der Waals surface area contributed by atoms with Gasteiger partial charge < -0.3 is 5.73 Å². The highest BCUT2D eigenvalue weighted by molar-refractivity contribution is 7.92. The zero-order chi connectivity index (χ0) is 11.6. The van der Waals surface area contributed by atoms with Gasteiger partial charge in [-0.2, -0.15) is 0 Å². The smallest absolute Gasteiger partial charge is 0.182 e. The Morgan fingerprint density at radius 1 is 1.47 bits per heavy atom. The van der Waals surface area contributed by atoms with Gasteiger partial charge in [0.15, 0.2) is 9.84 Å². The summed E-state index contributed by atoms with van der Waals surface area (Å²) in [6, 6.07) is 4.46. The summed E-state index contributed by atoms with van der Waals surface area (Å²) in [4.78, 5) is 0.160. The molecule has 0 spiro atoms. The molecule has 0 saturated carbocycles. The third-order valence-corrected chi connectivity index (χ3v) is 5.15. The Morgan fingerprint density at radius 2 is 2.07 bits per heavy atom. The fourth-order valence-electron chi connectivity index (χ4n) is 1.18. The lowest BCUT2D eigenvalue weighted by Crippen LogP contribution is -2.17. The minimum atomic E-state index is -3.32. The van der Waals surface area contributed by atoms with Crippen molar-refractivity contribution >= 4 is 27.1 Å². The first-order valence-electron chi connectivity index (χ1n) is 4.68. The van der Waals surface area contributed by atoms with Crippen molar-refractivity contribution in [3.8, 4) is 0 Å². The van der Waals surface area contributed by atoms with E-state index in [0.29, 0.717) is 12.1 Å². The van der Waals surface area contributed by atoms with Crippen LogP contribution in [0, 0.1) is 0 Å². The molecule has 84 valence electrons. The van der Waals surface area contributed by atoms with E-state index in [1.165, 1.54) is 12.1 Å². The van der Waals surface area contributed by atoms with E-state index in [0.717, 1.165) is 0 Å². The molecule has 1 aromatic carbocycles. The van der Waals surface area contributed by atoms with Gasteiger partial charge in [-0.1, -0.05) is 18.5 Å².